The molecular formula is C24H32F2O6. The Morgan fingerprint density at radius 2 is 1.94 bits per heavy atom. The van der Waals surface area contributed by atoms with Crippen molar-refractivity contribution in [2.45, 2.75) is 95.7 Å². The van der Waals surface area contributed by atoms with Crippen molar-refractivity contribution < 1.29 is 38.1 Å². The lowest BCUT2D eigenvalue weighted by atomic mass is 9.43. The predicted molar refractivity (Wildman–Crippen MR) is 109 cm³/mol. The molecule has 1 spiro atoms. The van der Waals surface area contributed by atoms with Crippen LogP contribution in [0.4, 0.5) is 8.78 Å². The van der Waals surface area contributed by atoms with E-state index in [9.17, 15) is 19.8 Å². The van der Waals surface area contributed by atoms with Crippen LogP contribution in [0, 0.1) is 28.6 Å². The molecule has 2 N–H and O–H groups in total. The summed E-state index contributed by atoms with van der Waals surface area (Å²) >= 11 is 0. The van der Waals surface area contributed by atoms with Gasteiger partial charge < -0.3 is 19.7 Å². The average molecular weight is 455 g/mol. The number of hydrogen-bond acceptors (Lipinski definition) is 5. The van der Waals surface area contributed by atoms with Gasteiger partial charge in [0.1, 0.15) is 11.8 Å². The number of alkyl halides is 2. The van der Waals surface area contributed by atoms with E-state index in [1.165, 1.54) is 0 Å². The van der Waals surface area contributed by atoms with Crippen LogP contribution in [0.2, 0.25) is 0 Å². The molecule has 1 saturated heterocycles. The summed E-state index contributed by atoms with van der Waals surface area (Å²) in [7, 11) is 0. The van der Waals surface area contributed by atoms with E-state index in [2.05, 4.69) is 0 Å². The standard InChI is InChI=1S/C24H32F2O6/c1-4-5-19-31-23(32-19)11-22(3)15(9-17(23)27)16(25)8-14-12-6-7-13(20(29)30)21(12,2)10-18(28)24(14,22)26/h9,12-14,16,18-19,28H,4-8,10-11H2,1-3H3,(H,29,30)/t12-,13-,14+,16-,18-,19?,21-,22-,23?,24-/m0/s1. The zero-order chi connectivity index (χ0) is 23.3. The SMILES string of the molecule is CCCC1OC2(C[C@@]3(C)C(=CC2=O)[C@@H](F)C[C@@H]2[C@@H]4CC[C@@H](C(=O)O)[C@@]4(C)C[C@H](O)[C@@]23F)O1. The number of carbonyl (C=O) groups is 2. The first kappa shape index (κ1) is 22.4. The van der Waals surface area contributed by atoms with Gasteiger partial charge in [-0.3, -0.25) is 9.59 Å². The molecule has 1 aliphatic heterocycles. The maximum atomic E-state index is 17.3. The van der Waals surface area contributed by atoms with Gasteiger partial charge in [-0.1, -0.05) is 27.2 Å². The Kier molecular flexibility index (Phi) is 4.78. The molecule has 0 aromatic rings. The number of aliphatic hydroxyl groups is 1. The highest BCUT2D eigenvalue weighted by molar-refractivity contribution is 5.98. The van der Waals surface area contributed by atoms with Crippen LogP contribution in [-0.4, -0.2) is 52.0 Å². The average Bonchev–Trinajstić information content (AvgIpc) is 3.02. The highest BCUT2D eigenvalue weighted by Gasteiger charge is 2.75. The smallest absolute Gasteiger partial charge is 0.307 e. The molecule has 4 aliphatic carbocycles. The van der Waals surface area contributed by atoms with Gasteiger partial charge in [-0.15, -0.1) is 0 Å². The maximum Gasteiger partial charge on any atom is 0.307 e. The zero-order valence-electron chi connectivity index (χ0n) is 18.8. The molecule has 8 atom stereocenters. The van der Waals surface area contributed by atoms with Crippen molar-refractivity contribution >= 4 is 11.8 Å². The lowest BCUT2D eigenvalue weighted by molar-refractivity contribution is -0.439. The van der Waals surface area contributed by atoms with Gasteiger partial charge in [-0.05, 0) is 55.1 Å². The van der Waals surface area contributed by atoms with Gasteiger partial charge in [0.15, 0.2) is 6.29 Å². The lowest BCUT2D eigenvalue weighted by Gasteiger charge is -2.65. The van der Waals surface area contributed by atoms with Crippen molar-refractivity contribution in [3.63, 3.8) is 0 Å². The van der Waals surface area contributed by atoms with Crippen molar-refractivity contribution in [3.8, 4) is 0 Å². The van der Waals surface area contributed by atoms with E-state index in [-0.39, 0.29) is 30.8 Å². The molecular weight excluding hydrogens is 422 g/mol. The Labute approximate surface area is 186 Å². The lowest BCUT2D eigenvalue weighted by Crippen LogP contribution is -2.73. The van der Waals surface area contributed by atoms with E-state index >= 15 is 8.78 Å². The minimum atomic E-state index is -2.21. The second kappa shape index (κ2) is 6.83. The molecule has 5 rings (SSSR count). The third kappa shape index (κ3) is 2.55. The fourth-order valence-electron chi connectivity index (χ4n) is 8.04. The Morgan fingerprint density at radius 3 is 2.56 bits per heavy atom. The predicted octanol–water partition coefficient (Wildman–Crippen LogP) is 3.71. The monoisotopic (exact) mass is 454 g/mol. The Hall–Kier alpha value is -1.38. The molecule has 0 amide bonds. The Bertz CT molecular complexity index is 884. The summed E-state index contributed by atoms with van der Waals surface area (Å²) in [4.78, 5) is 24.7. The number of rotatable bonds is 3. The molecule has 32 heavy (non-hydrogen) atoms. The maximum absolute atomic E-state index is 17.3. The van der Waals surface area contributed by atoms with Crippen molar-refractivity contribution in [1.29, 1.82) is 0 Å². The van der Waals surface area contributed by atoms with Crippen molar-refractivity contribution in [2.75, 3.05) is 0 Å². The first-order valence-electron chi connectivity index (χ1n) is 11.8. The Balaban J connectivity index is 1.56. The molecule has 0 aromatic carbocycles. The van der Waals surface area contributed by atoms with Gasteiger partial charge in [0.2, 0.25) is 11.6 Å². The molecule has 0 radical (unpaired) electrons. The third-order valence-corrected chi connectivity index (χ3v) is 9.55. The van der Waals surface area contributed by atoms with E-state index in [1.807, 2.05) is 6.92 Å². The van der Waals surface area contributed by atoms with Crippen LogP contribution in [0.25, 0.3) is 0 Å². The summed E-state index contributed by atoms with van der Waals surface area (Å²) < 4.78 is 44.5. The number of halogens is 2. The summed E-state index contributed by atoms with van der Waals surface area (Å²) in [6.45, 7) is 5.32. The quantitative estimate of drug-likeness (QED) is 0.675. The minimum absolute atomic E-state index is 0.0113. The molecule has 6 nitrogen and oxygen atoms in total. The van der Waals surface area contributed by atoms with E-state index < -0.39 is 64.4 Å². The molecule has 0 unspecified atom stereocenters. The van der Waals surface area contributed by atoms with Crippen LogP contribution >= 0.6 is 0 Å². The normalized spacial score (nSPS) is 54.3. The second-order valence-electron chi connectivity index (χ2n) is 11.1. The summed E-state index contributed by atoms with van der Waals surface area (Å²) in [5, 5.41) is 21.0. The van der Waals surface area contributed by atoms with Gasteiger partial charge in [0.05, 0.1) is 12.0 Å². The first-order valence-corrected chi connectivity index (χ1v) is 11.8. The van der Waals surface area contributed by atoms with Crippen LogP contribution in [0.1, 0.15) is 65.7 Å². The van der Waals surface area contributed by atoms with Crippen LogP contribution in [0.15, 0.2) is 11.6 Å². The largest absolute Gasteiger partial charge is 0.481 e. The van der Waals surface area contributed by atoms with Gasteiger partial charge in [0.25, 0.3) is 0 Å². The van der Waals surface area contributed by atoms with Gasteiger partial charge in [-0.25, -0.2) is 8.78 Å². The zero-order valence-corrected chi connectivity index (χ0v) is 18.8. The number of fused-ring (bicyclic) bond motifs is 5. The number of carbonyl (C=O) groups excluding carboxylic acids is 1. The fraction of sp³-hybridized carbons (Fsp3) is 0.833. The van der Waals surface area contributed by atoms with Crippen molar-refractivity contribution in [2.24, 2.45) is 28.6 Å². The molecule has 1 heterocycles. The van der Waals surface area contributed by atoms with Crippen molar-refractivity contribution in [1.82, 2.24) is 0 Å². The van der Waals surface area contributed by atoms with Crippen LogP contribution in [0.5, 0.6) is 0 Å². The van der Waals surface area contributed by atoms with Gasteiger partial charge in [0, 0.05) is 17.8 Å². The van der Waals surface area contributed by atoms with Gasteiger partial charge >= 0.3 is 5.97 Å². The summed E-state index contributed by atoms with van der Waals surface area (Å²) in [5.41, 5.74) is -4.45. The van der Waals surface area contributed by atoms with Crippen LogP contribution < -0.4 is 0 Å². The first-order chi connectivity index (χ1) is 14.9. The van der Waals surface area contributed by atoms with E-state index in [0.29, 0.717) is 19.3 Å². The number of ketones is 1. The van der Waals surface area contributed by atoms with Gasteiger partial charge in [-0.2, -0.15) is 0 Å². The summed E-state index contributed by atoms with van der Waals surface area (Å²) in [6, 6.07) is 0. The fourth-order valence-corrected chi connectivity index (χ4v) is 8.04. The second-order valence-corrected chi connectivity index (χ2v) is 11.1. The molecule has 5 aliphatic rings. The number of allylic oxidation sites excluding steroid dienone is 1. The topological polar surface area (TPSA) is 93.1 Å². The van der Waals surface area contributed by atoms with Crippen molar-refractivity contribution in [3.05, 3.63) is 11.6 Å². The van der Waals surface area contributed by atoms with E-state index in [1.54, 1.807) is 13.8 Å². The minimum Gasteiger partial charge on any atom is -0.481 e. The molecule has 178 valence electrons. The summed E-state index contributed by atoms with van der Waals surface area (Å²) in [5.74, 6) is -5.01. The molecule has 3 saturated carbocycles. The molecule has 4 fully saturated rings. The number of ether oxygens (including phenoxy) is 2. The number of aliphatic carboxylic acids is 1. The van der Waals surface area contributed by atoms with Crippen LogP contribution in [-0.2, 0) is 19.1 Å². The van der Waals surface area contributed by atoms with E-state index in [0.717, 1.165) is 12.5 Å². The van der Waals surface area contributed by atoms with E-state index in [4.69, 9.17) is 9.47 Å². The molecule has 8 heteroatoms. The number of aliphatic hydroxyl groups excluding tert-OH is 1. The number of carboxylic acids is 1. The third-order valence-electron chi connectivity index (χ3n) is 9.55. The molecule has 0 aromatic heterocycles. The summed E-state index contributed by atoms with van der Waals surface area (Å²) in [6.07, 6.45) is -0.547. The Morgan fingerprint density at radius 1 is 1.25 bits per heavy atom. The van der Waals surface area contributed by atoms with Crippen LogP contribution in [0.3, 0.4) is 0 Å². The molecule has 0 bridgehead atoms. The number of hydrogen-bond donors (Lipinski definition) is 2. The highest BCUT2D eigenvalue weighted by atomic mass is 19.1. The highest BCUT2D eigenvalue weighted by Crippen LogP contribution is 2.71. The number of carboxylic acid groups (broad SMARTS) is 1.